The molecule has 4 aromatic rings. The number of rotatable bonds is 15. The number of anilines is 1. The highest BCUT2D eigenvalue weighted by Gasteiger charge is 2.36. The molecule has 4 aromatic carbocycles. The number of carbonyl (C=O) groups excluding carboxylic acids is 2. The number of carbonyl (C=O) groups is 2. The van der Waals surface area contributed by atoms with Crippen LogP contribution in [0.3, 0.4) is 0 Å². The van der Waals surface area contributed by atoms with Gasteiger partial charge in [0.05, 0.1) is 31.9 Å². The van der Waals surface area contributed by atoms with E-state index in [-0.39, 0.29) is 41.2 Å². The topological polar surface area (TPSA) is 114 Å². The van der Waals surface area contributed by atoms with Crippen molar-refractivity contribution in [2.24, 2.45) is 0 Å². The van der Waals surface area contributed by atoms with E-state index in [1.807, 2.05) is 36.4 Å². The Morgan fingerprint density at radius 3 is 2.16 bits per heavy atom. The second kappa shape index (κ2) is 16.5. The molecule has 1 unspecified atom stereocenters. The molecule has 10 nitrogen and oxygen atoms in total. The van der Waals surface area contributed by atoms with Crippen LogP contribution in [0.15, 0.2) is 102 Å². The molecule has 264 valence electrons. The quantitative estimate of drug-likeness (QED) is 0.168. The van der Waals surface area contributed by atoms with Gasteiger partial charge in [-0.15, -0.1) is 0 Å². The smallest absolute Gasteiger partial charge is 0.264 e. The molecule has 1 saturated carbocycles. The summed E-state index contributed by atoms with van der Waals surface area (Å²) in [5.41, 5.74) is 1.57. The Bertz CT molecular complexity index is 1870. The Morgan fingerprint density at radius 1 is 0.820 bits per heavy atom. The summed E-state index contributed by atoms with van der Waals surface area (Å²) in [5.74, 6) is -0.483. The summed E-state index contributed by atoms with van der Waals surface area (Å²) in [5, 5.41) is 3.16. The van der Waals surface area contributed by atoms with Crippen LogP contribution in [-0.2, 0) is 32.6 Å². The first kappa shape index (κ1) is 36.2. The van der Waals surface area contributed by atoms with Crippen LogP contribution in [0.2, 0.25) is 0 Å². The highest BCUT2D eigenvalue weighted by molar-refractivity contribution is 7.92. The highest BCUT2D eigenvalue weighted by Crippen LogP contribution is 2.33. The van der Waals surface area contributed by atoms with Crippen LogP contribution in [0, 0.1) is 5.82 Å². The van der Waals surface area contributed by atoms with Crippen molar-refractivity contribution in [1.29, 1.82) is 0 Å². The Labute approximate surface area is 292 Å². The van der Waals surface area contributed by atoms with Crippen molar-refractivity contribution in [3.63, 3.8) is 0 Å². The Hall–Kier alpha value is -5.10. The number of benzene rings is 4. The molecule has 5 rings (SSSR count). The number of ether oxygens (including phenoxy) is 3. The van der Waals surface area contributed by atoms with Gasteiger partial charge in [-0.2, -0.15) is 0 Å². The number of hydrogen-bond donors (Lipinski definition) is 1. The number of sulfonamides is 1. The first-order chi connectivity index (χ1) is 24.1. The van der Waals surface area contributed by atoms with Crippen LogP contribution < -0.4 is 23.8 Å². The summed E-state index contributed by atoms with van der Waals surface area (Å²) in [4.78, 5) is 30.1. The van der Waals surface area contributed by atoms with E-state index in [2.05, 4.69) is 5.32 Å². The van der Waals surface area contributed by atoms with Gasteiger partial charge in [-0.3, -0.25) is 13.9 Å². The molecule has 0 spiro atoms. The van der Waals surface area contributed by atoms with E-state index in [1.54, 1.807) is 18.2 Å². The summed E-state index contributed by atoms with van der Waals surface area (Å²) in [6, 6.07) is 24.4. The van der Waals surface area contributed by atoms with Crippen molar-refractivity contribution in [2.45, 2.75) is 55.6 Å². The maximum absolute atomic E-state index is 14.7. The molecule has 1 atom stereocenters. The molecule has 0 bridgehead atoms. The molecule has 0 radical (unpaired) electrons. The monoisotopic (exact) mass is 703 g/mol. The molecule has 0 heterocycles. The molecule has 12 heteroatoms. The minimum Gasteiger partial charge on any atom is -0.497 e. The largest absolute Gasteiger partial charge is 0.497 e. The van der Waals surface area contributed by atoms with Gasteiger partial charge in [0.15, 0.2) is 11.5 Å². The van der Waals surface area contributed by atoms with E-state index in [4.69, 9.17) is 14.2 Å². The lowest BCUT2D eigenvalue weighted by atomic mass is 10.0. The minimum absolute atomic E-state index is 0.0146. The molecule has 50 heavy (non-hydrogen) atoms. The zero-order valence-electron chi connectivity index (χ0n) is 28.4. The summed E-state index contributed by atoms with van der Waals surface area (Å²) in [6.45, 7) is -0.701. The van der Waals surface area contributed by atoms with Crippen molar-refractivity contribution in [2.75, 3.05) is 32.2 Å². The summed E-state index contributed by atoms with van der Waals surface area (Å²) in [6.07, 6.45) is 3.88. The molecule has 0 saturated heterocycles. The highest BCUT2D eigenvalue weighted by atomic mass is 32.2. The minimum atomic E-state index is -4.45. The van der Waals surface area contributed by atoms with E-state index in [0.29, 0.717) is 17.1 Å². The van der Waals surface area contributed by atoms with Crippen LogP contribution in [0.4, 0.5) is 10.1 Å². The van der Waals surface area contributed by atoms with Gasteiger partial charge in [-0.05, 0) is 72.5 Å². The zero-order valence-corrected chi connectivity index (χ0v) is 29.2. The lowest BCUT2D eigenvalue weighted by molar-refractivity contribution is -0.140. The van der Waals surface area contributed by atoms with Crippen molar-refractivity contribution >= 4 is 27.5 Å². The van der Waals surface area contributed by atoms with Gasteiger partial charge in [0.2, 0.25) is 11.8 Å². The average Bonchev–Trinajstić information content (AvgIpc) is 3.65. The second-order valence-corrected chi connectivity index (χ2v) is 13.9. The van der Waals surface area contributed by atoms with Gasteiger partial charge in [-0.1, -0.05) is 55.3 Å². The fraction of sp³-hybridized carbons (Fsp3) is 0.316. The van der Waals surface area contributed by atoms with Gasteiger partial charge in [0, 0.05) is 25.1 Å². The van der Waals surface area contributed by atoms with Crippen LogP contribution >= 0.6 is 0 Å². The number of nitrogens with one attached hydrogen (secondary N) is 1. The lowest BCUT2D eigenvalue weighted by Crippen LogP contribution is -2.54. The molecular formula is C38H42FN3O7S. The van der Waals surface area contributed by atoms with Gasteiger partial charge >= 0.3 is 0 Å². The van der Waals surface area contributed by atoms with Gasteiger partial charge in [-0.25, -0.2) is 12.8 Å². The third kappa shape index (κ3) is 8.73. The van der Waals surface area contributed by atoms with Gasteiger partial charge in [0.1, 0.15) is 24.2 Å². The van der Waals surface area contributed by atoms with E-state index >= 15 is 0 Å². The first-order valence-corrected chi connectivity index (χ1v) is 17.8. The van der Waals surface area contributed by atoms with E-state index in [9.17, 15) is 22.4 Å². The summed E-state index contributed by atoms with van der Waals surface area (Å²) < 4.78 is 59.8. The van der Waals surface area contributed by atoms with Crippen molar-refractivity contribution in [3.8, 4) is 17.2 Å². The van der Waals surface area contributed by atoms with Gasteiger partial charge < -0.3 is 24.4 Å². The van der Waals surface area contributed by atoms with E-state index < -0.39 is 34.3 Å². The van der Waals surface area contributed by atoms with Crippen LogP contribution in [-0.4, -0.2) is 65.1 Å². The average molecular weight is 704 g/mol. The summed E-state index contributed by atoms with van der Waals surface area (Å²) in [7, 11) is -0.100. The van der Waals surface area contributed by atoms with E-state index in [0.717, 1.165) is 47.7 Å². The van der Waals surface area contributed by atoms with Crippen LogP contribution in [0.1, 0.15) is 36.8 Å². The van der Waals surface area contributed by atoms with E-state index in [1.165, 1.54) is 56.6 Å². The summed E-state index contributed by atoms with van der Waals surface area (Å²) >= 11 is 0. The zero-order chi connectivity index (χ0) is 35.7. The second-order valence-electron chi connectivity index (χ2n) is 12.1. The molecule has 1 aliphatic rings. The normalized spacial score (nSPS) is 13.7. The Balaban J connectivity index is 1.59. The molecular weight excluding hydrogens is 661 g/mol. The number of amides is 2. The molecule has 1 aliphatic carbocycles. The standard InChI is InChI=1S/C38H42FN3O7S/c1-47-32-15-9-12-28(22-32)25-41(34(23-27-10-5-4-6-11-27)38(44)40-30-13-7-8-14-30)37(43)26-42(31-18-16-29(39)17-19-31)50(45,46)33-20-21-35(48-2)36(24-33)49-3/h4-6,9-12,15-22,24,30,34H,7-8,13-14,23,25-26H2,1-3H3,(H,40,44). The fourth-order valence-corrected chi connectivity index (χ4v) is 7.56. The maximum atomic E-state index is 14.7. The number of nitrogens with zero attached hydrogens (tertiary/aromatic N) is 2. The predicted octanol–water partition coefficient (Wildman–Crippen LogP) is 5.75. The SMILES string of the molecule is COc1cccc(CN(C(=O)CN(c2ccc(F)cc2)S(=O)(=O)c2ccc(OC)c(OC)c2)C(Cc2ccccc2)C(=O)NC2CCCC2)c1. The van der Waals surface area contributed by atoms with Crippen molar-refractivity contribution in [3.05, 3.63) is 114 Å². The lowest BCUT2D eigenvalue weighted by Gasteiger charge is -2.34. The van der Waals surface area contributed by atoms with Gasteiger partial charge in [0.25, 0.3) is 10.0 Å². The number of halogens is 1. The molecule has 0 aliphatic heterocycles. The Morgan fingerprint density at radius 2 is 1.50 bits per heavy atom. The van der Waals surface area contributed by atoms with Crippen LogP contribution in [0.25, 0.3) is 0 Å². The molecule has 1 fully saturated rings. The molecule has 2 amide bonds. The molecule has 0 aromatic heterocycles. The maximum Gasteiger partial charge on any atom is 0.264 e. The third-order valence-electron chi connectivity index (χ3n) is 8.80. The number of methoxy groups -OCH3 is 3. The Kier molecular flexibility index (Phi) is 12.0. The van der Waals surface area contributed by atoms with Crippen molar-refractivity contribution < 1.29 is 36.6 Å². The molecule has 1 N–H and O–H groups in total. The van der Waals surface area contributed by atoms with Crippen LogP contribution in [0.5, 0.6) is 17.2 Å². The number of hydrogen-bond acceptors (Lipinski definition) is 7. The predicted molar refractivity (Wildman–Crippen MR) is 188 cm³/mol. The third-order valence-corrected chi connectivity index (χ3v) is 10.6. The fourth-order valence-electron chi connectivity index (χ4n) is 6.13. The first-order valence-electron chi connectivity index (χ1n) is 16.4. The van der Waals surface area contributed by atoms with Crippen molar-refractivity contribution in [1.82, 2.24) is 10.2 Å².